The second-order valence-electron chi connectivity index (χ2n) is 5.93. The number of aryl methyl sites for hydroxylation is 1. The number of methoxy groups -OCH3 is 1. The molecule has 0 amide bonds. The van der Waals surface area contributed by atoms with Gasteiger partial charge in [0, 0.05) is 11.8 Å². The molecule has 0 saturated heterocycles. The maximum absolute atomic E-state index is 11.4. The van der Waals surface area contributed by atoms with Crippen molar-refractivity contribution in [2.75, 3.05) is 7.11 Å². The van der Waals surface area contributed by atoms with Crippen LogP contribution in [-0.4, -0.2) is 20.5 Å². The molecular formula is C18H20N2O3S. The number of pyridine rings is 1. The number of nitrogens with two attached hydrogens (primary N) is 1. The lowest BCUT2D eigenvalue weighted by atomic mass is 9.97. The van der Waals surface area contributed by atoms with Crippen molar-refractivity contribution in [2.24, 2.45) is 5.14 Å². The van der Waals surface area contributed by atoms with Crippen LogP contribution in [0.3, 0.4) is 0 Å². The van der Waals surface area contributed by atoms with Crippen LogP contribution in [0.1, 0.15) is 36.0 Å². The fourth-order valence-corrected chi connectivity index (χ4v) is 3.68. The monoisotopic (exact) mass is 344 g/mol. The van der Waals surface area contributed by atoms with Crippen LogP contribution in [0.25, 0.3) is 11.1 Å². The lowest BCUT2D eigenvalue weighted by Crippen LogP contribution is -2.11. The van der Waals surface area contributed by atoms with Gasteiger partial charge < -0.3 is 4.74 Å². The Morgan fingerprint density at radius 1 is 1.08 bits per heavy atom. The highest BCUT2D eigenvalue weighted by Crippen LogP contribution is 2.40. The van der Waals surface area contributed by atoms with Crippen molar-refractivity contribution >= 4 is 21.2 Å². The number of hydrogen-bond donors (Lipinski definition) is 1. The molecule has 6 heteroatoms. The number of aromatic nitrogens is 1. The molecule has 0 spiro atoms. The van der Waals surface area contributed by atoms with Gasteiger partial charge in [-0.2, -0.15) is 0 Å². The quantitative estimate of drug-likeness (QED) is 0.924. The third-order valence-electron chi connectivity index (χ3n) is 4.32. The van der Waals surface area contributed by atoms with E-state index in [0.717, 1.165) is 36.0 Å². The summed E-state index contributed by atoms with van der Waals surface area (Å²) < 4.78 is 28.0. The summed E-state index contributed by atoms with van der Waals surface area (Å²) in [5.74, 6) is 0.636. The van der Waals surface area contributed by atoms with Crippen molar-refractivity contribution in [3.05, 3.63) is 53.2 Å². The molecular weight excluding hydrogens is 324 g/mol. The van der Waals surface area contributed by atoms with E-state index in [0.29, 0.717) is 5.88 Å². The maximum Gasteiger partial charge on any atom is 0.238 e. The van der Waals surface area contributed by atoms with Crippen molar-refractivity contribution in [1.82, 2.24) is 4.98 Å². The third kappa shape index (κ3) is 3.20. The number of benzene rings is 1. The zero-order chi connectivity index (χ0) is 17.3. The first-order valence-corrected chi connectivity index (χ1v) is 9.31. The van der Waals surface area contributed by atoms with Gasteiger partial charge in [-0.25, -0.2) is 18.5 Å². The predicted octanol–water partition coefficient (Wildman–Crippen LogP) is 3.14. The number of ether oxygens (including phenoxy) is 1. The molecule has 1 aliphatic carbocycles. The third-order valence-corrected chi connectivity index (χ3v) is 5.25. The Labute approximate surface area is 142 Å². The molecule has 0 atom stereocenters. The SMILES string of the molecule is COc1ncc(C2=C(c3ccc(S(N)(=O)=O)cc3)CCC2)cc1C. The van der Waals surface area contributed by atoms with E-state index in [1.54, 1.807) is 19.2 Å². The maximum atomic E-state index is 11.4. The Bertz CT molecular complexity index is 900. The highest BCUT2D eigenvalue weighted by molar-refractivity contribution is 7.89. The fraction of sp³-hybridized carbons (Fsp3) is 0.278. The van der Waals surface area contributed by atoms with Crippen molar-refractivity contribution in [2.45, 2.75) is 31.1 Å². The van der Waals surface area contributed by atoms with E-state index >= 15 is 0 Å². The molecule has 0 radical (unpaired) electrons. The van der Waals surface area contributed by atoms with E-state index in [4.69, 9.17) is 9.88 Å². The largest absolute Gasteiger partial charge is 0.481 e. The van der Waals surface area contributed by atoms with Crippen molar-refractivity contribution in [1.29, 1.82) is 0 Å². The Hall–Kier alpha value is -2.18. The van der Waals surface area contributed by atoms with E-state index < -0.39 is 10.0 Å². The smallest absolute Gasteiger partial charge is 0.238 e. The zero-order valence-corrected chi connectivity index (χ0v) is 14.6. The van der Waals surface area contributed by atoms with Gasteiger partial charge in [0.15, 0.2) is 0 Å². The topological polar surface area (TPSA) is 82.3 Å². The minimum absolute atomic E-state index is 0.133. The molecule has 5 nitrogen and oxygen atoms in total. The van der Waals surface area contributed by atoms with Gasteiger partial charge in [0.1, 0.15) is 0 Å². The highest BCUT2D eigenvalue weighted by atomic mass is 32.2. The summed E-state index contributed by atoms with van der Waals surface area (Å²) in [5, 5.41) is 5.16. The molecule has 0 aliphatic heterocycles. The molecule has 24 heavy (non-hydrogen) atoms. The van der Waals surface area contributed by atoms with Crippen LogP contribution < -0.4 is 9.88 Å². The van der Waals surface area contributed by atoms with Crippen LogP contribution in [0.5, 0.6) is 5.88 Å². The number of primary sulfonamides is 1. The van der Waals surface area contributed by atoms with Crippen LogP contribution in [-0.2, 0) is 10.0 Å². The van der Waals surface area contributed by atoms with E-state index in [-0.39, 0.29) is 4.90 Å². The van der Waals surface area contributed by atoms with Crippen LogP contribution in [0.2, 0.25) is 0 Å². The zero-order valence-electron chi connectivity index (χ0n) is 13.7. The molecule has 2 N–H and O–H groups in total. The van der Waals surface area contributed by atoms with E-state index in [1.807, 2.05) is 25.3 Å². The number of sulfonamides is 1. The predicted molar refractivity (Wildman–Crippen MR) is 94.0 cm³/mol. The van der Waals surface area contributed by atoms with Crippen LogP contribution in [0, 0.1) is 6.92 Å². The molecule has 1 aromatic heterocycles. The summed E-state index contributed by atoms with van der Waals surface area (Å²) in [4.78, 5) is 4.50. The summed E-state index contributed by atoms with van der Waals surface area (Å²) >= 11 is 0. The van der Waals surface area contributed by atoms with Gasteiger partial charge in [-0.15, -0.1) is 0 Å². The van der Waals surface area contributed by atoms with E-state index in [2.05, 4.69) is 11.1 Å². The molecule has 0 saturated carbocycles. The average molecular weight is 344 g/mol. The van der Waals surface area contributed by atoms with Crippen molar-refractivity contribution in [3.63, 3.8) is 0 Å². The standard InChI is InChI=1S/C18H20N2O3S/c1-12-10-14(11-20-18(12)23-2)17-5-3-4-16(17)13-6-8-15(9-7-13)24(19,21)22/h6-11H,3-5H2,1-2H3,(H2,19,21,22). The molecule has 1 aliphatic rings. The number of rotatable bonds is 4. The van der Waals surface area contributed by atoms with Gasteiger partial charge in [-0.1, -0.05) is 12.1 Å². The Morgan fingerprint density at radius 3 is 2.25 bits per heavy atom. The van der Waals surface area contributed by atoms with Gasteiger partial charge in [0.25, 0.3) is 0 Å². The summed E-state index contributed by atoms with van der Waals surface area (Å²) in [6.45, 7) is 1.98. The second-order valence-corrected chi connectivity index (χ2v) is 7.49. The van der Waals surface area contributed by atoms with Crippen molar-refractivity contribution < 1.29 is 13.2 Å². The Morgan fingerprint density at radius 2 is 1.71 bits per heavy atom. The number of allylic oxidation sites excluding steroid dienone is 2. The van der Waals surface area contributed by atoms with Gasteiger partial charge in [0.2, 0.25) is 15.9 Å². The van der Waals surface area contributed by atoms with Crippen LogP contribution >= 0.6 is 0 Å². The minimum Gasteiger partial charge on any atom is -0.481 e. The van der Waals surface area contributed by atoms with Gasteiger partial charge in [-0.3, -0.25) is 0 Å². The van der Waals surface area contributed by atoms with Crippen LogP contribution in [0.15, 0.2) is 41.4 Å². The molecule has 1 aromatic carbocycles. The summed E-state index contributed by atoms with van der Waals surface area (Å²) in [7, 11) is -2.05. The second kappa shape index (κ2) is 6.37. The molecule has 126 valence electrons. The fourth-order valence-electron chi connectivity index (χ4n) is 3.17. The average Bonchev–Trinajstić information content (AvgIpc) is 3.03. The van der Waals surface area contributed by atoms with Crippen molar-refractivity contribution in [3.8, 4) is 5.88 Å². The highest BCUT2D eigenvalue weighted by Gasteiger charge is 2.19. The van der Waals surface area contributed by atoms with Gasteiger partial charge in [0.05, 0.1) is 12.0 Å². The first kappa shape index (κ1) is 16.7. The Kier molecular flexibility index (Phi) is 4.43. The molecule has 1 heterocycles. The molecule has 2 aromatic rings. The number of hydrogen-bond acceptors (Lipinski definition) is 4. The number of nitrogens with zero attached hydrogens (tertiary/aromatic N) is 1. The van der Waals surface area contributed by atoms with Gasteiger partial charge >= 0.3 is 0 Å². The summed E-state index contributed by atoms with van der Waals surface area (Å²) in [6, 6.07) is 8.86. The lowest BCUT2D eigenvalue weighted by Gasteiger charge is -2.11. The van der Waals surface area contributed by atoms with Gasteiger partial charge in [-0.05, 0) is 66.7 Å². The molecule has 0 unspecified atom stereocenters. The summed E-state index contributed by atoms with van der Waals surface area (Å²) in [5.41, 5.74) is 5.62. The Balaban J connectivity index is 2.02. The first-order valence-electron chi connectivity index (χ1n) is 7.76. The normalized spacial score (nSPS) is 15.0. The molecule has 0 bridgehead atoms. The summed E-state index contributed by atoms with van der Waals surface area (Å²) in [6.07, 6.45) is 4.87. The molecule has 0 fully saturated rings. The van der Waals surface area contributed by atoms with E-state index in [1.165, 1.54) is 11.1 Å². The molecule has 3 rings (SSSR count). The van der Waals surface area contributed by atoms with Crippen LogP contribution in [0.4, 0.5) is 0 Å². The minimum atomic E-state index is -3.66. The van der Waals surface area contributed by atoms with E-state index in [9.17, 15) is 8.42 Å². The first-order chi connectivity index (χ1) is 11.4. The lowest BCUT2D eigenvalue weighted by molar-refractivity contribution is 0.394.